The van der Waals surface area contributed by atoms with Gasteiger partial charge in [-0.2, -0.15) is 10.2 Å². The molecular formula is C14H17N3O. The summed E-state index contributed by atoms with van der Waals surface area (Å²) in [4.78, 5) is 14.3. The third kappa shape index (κ3) is 1.92. The van der Waals surface area contributed by atoms with Gasteiger partial charge in [0.05, 0.1) is 0 Å². The lowest BCUT2D eigenvalue weighted by molar-refractivity contribution is -0.119. The fourth-order valence-electron chi connectivity index (χ4n) is 2.60. The number of rotatable bonds is 3. The largest absolute Gasteiger partial charge is 0.309 e. The molecule has 1 aromatic rings. The van der Waals surface area contributed by atoms with Gasteiger partial charge in [-0.3, -0.25) is 4.79 Å². The first-order chi connectivity index (χ1) is 8.59. The maximum atomic E-state index is 12.3. The first kappa shape index (κ1) is 11.4. The van der Waals surface area contributed by atoms with E-state index in [0.717, 1.165) is 18.5 Å². The van der Waals surface area contributed by atoms with Crippen molar-refractivity contribution in [3.8, 4) is 0 Å². The molecule has 94 valence electrons. The van der Waals surface area contributed by atoms with Crippen LogP contribution in [0.1, 0.15) is 32.3 Å². The number of benzene rings is 1. The number of fused-ring (bicyclic) bond motifs is 1. The molecule has 3 rings (SSSR count). The molecule has 2 aliphatic heterocycles. The molecule has 1 amide bonds. The summed E-state index contributed by atoms with van der Waals surface area (Å²) in [5.41, 5.74) is 2.06. The molecule has 0 aliphatic carbocycles. The second kappa shape index (κ2) is 3.90. The van der Waals surface area contributed by atoms with Crippen molar-refractivity contribution in [2.75, 3.05) is 4.90 Å². The highest BCUT2D eigenvalue weighted by atomic mass is 16.2. The number of hydrogen-bond donors (Lipinski definition) is 0. The van der Waals surface area contributed by atoms with Crippen LogP contribution in [0.5, 0.6) is 0 Å². The molecule has 4 heteroatoms. The lowest BCUT2D eigenvalue weighted by Crippen LogP contribution is -2.36. The minimum Gasteiger partial charge on any atom is -0.309 e. The first-order valence-corrected chi connectivity index (χ1v) is 6.43. The molecule has 1 unspecified atom stereocenters. The highest BCUT2D eigenvalue weighted by Crippen LogP contribution is 2.35. The van der Waals surface area contributed by atoms with E-state index in [4.69, 9.17) is 0 Å². The molecule has 0 N–H and O–H groups in total. The van der Waals surface area contributed by atoms with E-state index in [1.165, 1.54) is 5.56 Å². The molecule has 0 bridgehead atoms. The fraction of sp³-hybridized carbons (Fsp3) is 0.500. The number of nitrogens with zero attached hydrogens (tertiary/aromatic N) is 3. The van der Waals surface area contributed by atoms with Crippen LogP contribution in [0.4, 0.5) is 5.69 Å². The summed E-state index contributed by atoms with van der Waals surface area (Å²) in [6, 6.07) is 8.42. The minimum atomic E-state index is -0.280. The molecule has 4 nitrogen and oxygen atoms in total. The van der Waals surface area contributed by atoms with Crippen molar-refractivity contribution >= 4 is 11.6 Å². The summed E-state index contributed by atoms with van der Waals surface area (Å²) in [6.07, 6.45) is 2.19. The Bertz CT molecular complexity index is 518. The monoisotopic (exact) mass is 243 g/mol. The summed E-state index contributed by atoms with van der Waals surface area (Å²) in [7, 11) is 0. The smallest absolute Gasteiger partial charge is 0.227 e. The highest BCUT2D eigenvalue weighted by molar-refractivity contribution is 5.96. The van der Waals surface area contributed by atoms with Crippen LogP contribution in [0.15, 0.2) is 34.5 Å². The molecule has 0 fully saturated rings. The summed E-state index contributed by atoms with van der Waals surface area (Å²) in [5, 5.41) is 7.90. The van der Waals surface area contributed by atoms with E-state index >= 15 is 0 Å². The molecule has 18 heavy (non-hydrogen) atoms. The fourth-order valence-corrected chi connectivity index (χ4v) is 2.60. The zero-order chi connectivity index (χ0) is 12.8. The van der Waals surface area contributed by atoms with Gasteiger partial charge >= 0.3 is 0 Å². The SMILES string of the molecule is CC1Cc2ccccc2N1C(=O)CCC1(C)N=N1. The third-order valence-electron chi connectivity index (χ3n) is 3.73. The number of carbonyl (C=O) groups is 1. The maximum absolute atomic E-state index is 12.3. The molecule has 0 radical (unpaired) electrons. The van der Waals surface area contributed by atoms with Crippen molar-refractivity contribution in [1.82, 2.24) is 0 Å². The normalized spacial score (nSPS) is 23.0. The van der Waals surface area contributed by atoms with Gasteiger partial charge in [0.1, 0.15) is 0 Å². The van der Waals surface area contributed by atoms with Gasteiger partial charge in [0.25, 0.3) is 0 Å². The predicted molar refractivity (Wildman–Crippen MR) is 69.6 cm³/mol. The summed E-state index contributed by atoms with van der Waals surface area (Å²) < 4.78 is 0. The molecular weight excluding hydrogens is 226 g/mol. The van der Waals surface area contributed by atoms with Crippen molar-refractivity contribution < 1.29 is 4.79 Å². The van der Waals surface area contributed by atoms with Gasteiger partial charge in [0.2, 0.25) is 5.91 Å². The predicted octanol–water partition coefficient (Wildman–Crippen LogP) is 2.93. The van der Waals surface area contributed by atoms with Gasteiger partial charge in [-0.15, -0.1) is 0 Å². The van der Waals surface area contributed by atoms with Crippen molar-refractivity contribution in [1.29, 1.82) is 0 Å². The summed E-state index contributed by atoms with van der Waals surface area (Å²) in [5.74, 6) is 0.186. The molecule has 1 aromatic carbocycles. The Kier molecular flexibility index (Phi) is 2.47. The van der Waals surface area contributed by atoms with Crippen molar-refractivity contribution in [3.05, 3.63) is 29.8 Å². The van der Waals surface area contributed by atoms with Gasteiger partial charge in [-0.1, -0.05) is 18.2 Å². The van der Waals surface area contributed by atoms with Crippen LogP contribution in [-0.4, -0.2) is 17.6 Å². The molecule has 0 saturated carbocycles. The Morgan fingerprint density at radius 3 is 2.89 bits per heavy atom. The number of anilines is 1. The maximum Gasteiger partial charge on any atom is 0.227 e. The van der Waals surface area contributed by atoms with Crippen LogP contribution in [0.25, 0.3) is 0 Å². The molecule has 0 spiro atoms. The van der Waals surface area contributed by atoms with E-state index in [9.17, 15) is 4.79 Å². The average molecular weight is 243 g/mol. The van der Waals surface area contributed by atoms with Crippen LogP contribution in [0.3, 0.4) is 0 Å². The third-order valence-corrected chi connectivity index (χ3v) is 3.73. The van der Waals surface area contributed by atoms with Gasteiger partial charge < -0.3 is 4.90 Å². The van der Waals surface area contributed by atoms with E-state index in [1.807, 2.05) is 30.0 Å². The standard InChI is InChI=1S/C14H17N3O/c1-10-9-11-5-3-4-6-12(11)17(10)13(18)7-8-14(2)15-16-14/h3-6,10H,7-9H2,1-2H3. The molecule has 1 atom stereocenters. The van der Waals surface area contributed by atoms with E-state index in [0.29, 0.717) is 6.42 Å². The highest BCUT2D eigenvalue weighted by Gasteiger charge is 2.36. The lowest BCUT2D eigenvalue weighted by atomic mass is 10.1. The average Bonchev–Trinajstić information content (AvgIpc) is 2.98. The topological polar surface area (TPSA) is 45.0 Å². The molecule has 2 aliphatic rings. The van der Waals surface area contributed by atoms with Crippen molar-refractivity contribution in [2.45, 2.75) is 44.8 Å². The Morgan fingerprint density at radius 2 is 2.17 bits per heavy atom. The second-order valence-electron chi connectivity index (χ2n) is 5.36. The van der Waals surface area contributed by atoms with E-state index in [-0.39, 0.29) is 17.6 Å². The quantitative estimate of drug-likeness (QED) is 0.805. The second-order valence-corrected chi connectivity index (χ2v) is 5.36. The number of hydrogen-bond acceptors (Lipinski definition) is 3. The van der Waals surface area contributed by atoms with E-state index < -0.39 is 0 Å². The van der Waals surface area contributed by atoms with Gasteiger partial charge in [0, 0.05) is 24.6 Å². The van der Waals surface area contributed by atoms with Crippen LogP contribution in [-0.2, 0) is 11.2 Å². The molecule has 0 saturated heterocycles. The Hall–Kier alpha value is -1.71. The lowest BCUT2D eigenvalue weighted by Gasteiger charge is -2.23. The van der Waals surface area contributed by atoms with Gasteiger partial charge in [-0.05, 0) is 31.9 Å². The van der Waals surface area contributed by atoms with Gasteiger partial charge in [0.15, 0.2) is 5.66 Å². The number of carbonyl (C=O) groups excluding carboxylic acids is 1. The van der Waals surface area contributed by atoms with Gasteiger partial charge in [-0.25, -0.2) is 0 Å². The van der Waals surface area contributed by atoms with Crippen LogP contribution >= 0.6 is 0 Å². The van der Waals surface area contributed by atoms with E-state index in [2.05, 4.69) is 23.2 Å². The number of para-hydroxylation sites is 1. The summed E-state index contributed by atoms with van der Waals surface area (Å²) in [6.45, 7) is 4.06. The van der Waals surface area contributed by atoms with Crippen LogP contribution in [0, 0.1) is 0 Å². The zero-order valence-corrected chi connectivity index (χ0v) is 10.8. The summed E-state index contributed by atoms with van der Waals surface area (Å²) >= 11 is 0. The van der Waals surface area contributed by atoms with Crippen molar-refractivity contribution in [2.24, 2.45) is 10.2 Å². The van der Waals surface area contributed by atoms with Crippen LogP contribution < -0.4 is 4.90 Å². The minimum absolute atomic E-state index is 0.186. The molecule has 0 aromatic heterocycles. The Balaban J connectivity index is 1.73. The first-order valence-electron chi connectivity index (χ1n) is 6.43. The Labute approximate surface area is 107 Å². The number of amides is 1. The van der Waals surface area contributed by atoms with Crippen LogP contribution in [0.2, 0.25) is 0 Å². The zero-order valence-electron chi connectivity index (χ0n) is 10.8. The Morgan fingerprint density at radius 1 is 1.44 bits per heavy atom. The molecule has 2 heterocycles. The van der Waals surface area contributed by atoms with E-state index in [1.54, 1.807) is 0 Å². The van der Waals surface area contributed by atoms with Crippen molar-refractivity contribution in [3.63, 3.8) is 0 Å².